The van der Waals surface area contributed by atoms with Crippen LogP contribution in [0.1, 0.15) is 0 Å². The Bertz CT molecular complexity index is 802. The average molecular weight is 319 g/mol. The van der Waals surface area contributed by atoms with Crippen molar-refractivity contribution in [2.24, 2.45) is 0 Å². The van der Waals surface area contributed by atoms with E-state index in [9.17, 15) is 13.2 Å². The Hall–Kier alpha value is -2.54. The highest BCUT2D eigenvalue weighted by atomic mass is 32.2. The SMILES string of the molecule is O=C(CS(=O)(=O)c1ccccc1)Nc1ccc2c(c1)OCO2. The Morgan fingerprint density at radius 3 is 2.55 bits per heavy atom. The van der Waals surface area contributed by atoms with Gasteiger partial charge in [0.2, 0.25) is 12.7 Å². The van der Waals surface area contributed by atoms with Crippen LogP contribution in [0, 0.1) is 0 Å². The number of carbonyl (C=O) groups is 1. The zero-order valence-corrected chi connectivity index (χ0v) is 12.3. The lowest BCUT2D eigenvalue weighted by Gasteiger charge is -2.07. The first-order valence-corrected chi connectivity index (χ1v) is 8.17. The predicted octanol–water partition coefficient (Wildman–Crippen LogP) is 1.83. The van der Waals surface area contributed by atoms with Gasteiger partial charge in [-0.1, -0.05) is 18.2 Å². The van der Waals surface area contributed by atoms with Crippen LogP contribution in [0.25, 0.3) is 0 Å². The molecule has 2 aromatic rings. The number of carbonyl (C=O) groups excluding carboxylic acids is 1. The van der Waals surface area contributed by atoms with Crippen LogP contribution in [-0.2, 0) is 14.6 Å². The molecule has 6 nitrogen and oxygen atoms in total. The third kappa shape index (κ3) is 3.04. The van der Waals surface area contributed by atoms with Crippen molar-refractivity contribution in [3.05, 3.63) is 48.5 Å². The van der Waals surface area contributed by atoms with Crippen LogP contribution < -0.4 is 14.8 Å². The summed E-state index contributed by atoms with van der Waals surface area (Å²) < 4.78 is 34.6. The summed E-state index contributed by atoms with van der Waals surface area (Å²) in [5, 5.41) is 2.54. The fourth-order valence-electron chi connectivity index (χ4n) is 2.06. The third-order valence-electron chi connectivity index (χ3n) is 3.08. The summed E-state index contributed by atoms with van der Waals surface area (Å²) in [7, 11) is -3.66. The highest BCUT2D eigenvalue weighted by Gasteiger charge is 2.20. The van der Waals surface area contributed by atoms with Gasteiger partial charge in [0.1, 0.15) is 5.75 Å². The molecule has 2 aromatic carbocycles. The highest BCUT2D eigenvalue weighted by molar-refractivity contribution is 7.92. The fourth-order valence-corrected chi connectivity index (χ4v) is 3.21. The number of hydrogen-bond donors (Lipinski definition) is 1. The molecule has 1 N–H and O–H groups in total. The van der Waals surface area contributed by atoms with Gasteiger partial charge in [0, 0.05) is 11.8 Å². The van der Waals surface area contributed by atoms with E-state index < -0.39 is 21.5 Å². The molecule has 0 atom stereocenters. The van der Waals surface area contributed by atoms with E-state index in [1.807, 2.05) is 0 Å². The molecule has 1 aliphatic rings. The number of ether oxygens (including phenoxy) is 2. The van der Waals surface area contributed by atoms with E-state index in [-0.39, 0.29) is 11.7 Å². The quantitative estimate of drug-likeness (QED) is 0.929. The lowest BCUT2D eigenvalue weighted by Crippen LogP contribution is -2.22. The maximum Gasteiger partial charge on any atom is 0.239 e. The van der Waals surface area contributed by atoms with Gasteiger partial charge in [-0.3, -0.25) is 4.79 Å². The molecular formula is C15H13NO5S. The average Bonchev–Trinajstić information content (AvgIpc) is 2.95. The van der Waals surface area contributed by atoms with Crippen LogP contribution in [0.3, 0.4) is 0 Å². The number of benzene rings is 2. The van der Waals surface area contributed by atoms with Gasteiger partial charge in [0.05, 0.1) is 4.90 Å². The first-order valence-electron chi connectivity index (χ1n) is 6.52. The zero-order chi connectivity index (χ0) is 15.6. The van der Waals surface area contributed by atoms with Crippen molar-refractivity contribution in [2.75, 3.05) is 17.9 Å². The molecule has 0 saturated heterocycles. The van der Waals surface area contributed by atoms with Crippen LogP contribution in [0.15, 0.2) is 53.4 Å². The molecule has 0 fully saturated rings. The molecule has 3 rings (SSSR count). The summed E-state index contributed by atoms with van der Waals surface area (Å²) in [5.41, 5.74) is 0.456. The number of rotatable bonds is 4. The molecule has 1 aliphatic heterocycles. The van der Waals surface area contributed by atoms with Crippen LogP contribution in [0.5, 0.6) is 11.5 Å². The standard InChI is InChI=1S/C15H13NO5S/c17-15(9-22(18,19)12-4-2-1-3-5-12)16-11-6-7-13-14(8-11)21-10-20-13/h1-8H,9-10H2,(H,16,17). The minimum Gasteiger partial charge on any atom is -0.454 e. The van der Waals surface area contributed by atoms with Crippen LogP contribution in [0.4, 0.5) is 5.69 Å². The highest BCUT2D eigenvalue weighted by Crippen LogP contribution is 2.34. The van der Waals surface area contributed by atoms with Gasteiger partial charge in [0.25, 0.3) is 0 Å². The number of anilines is 1. The summed E-state index contributed by atoms with van der Waals surface area (Å²) in [6, 6.07) is 12.7. The normalized spacial score (nSPS) is 12.9. The Balaban J connectivity index is 1.70. The minimum atomic E-state index is -3.66. The van der Waals surface area contributed by atoms with E-state index >= 15 is 0 Å². The van der Waals surface area contributed by atoms with Crippen molar-refractivity contribution < 1.29 is 22.7 Å². The second-order valence-electron chi connectivity index (χ2n) is 4.69. The monoisotopic (exact) mass is 319 g/mol. The molecule has 114 valence electrons. The van der Waals surface area contributed by atoms with E-state index in [2.05, 4.69) is 5.32 Å². The van der Waals surface area contributed by atoms with Crippen LogP contribution in [0.2, 0.25) is 0 Å². The first-order chi connectivity index (χ1) is 10.5. The van der Waals surface area contributed by atoms with E-state index in [1.165, 1.54) is 12.1 Å². The van der Waals surface area contributed by atoms with Gasteiger partial charge in [0.15, 0.2) is 21.3 Å². The fraction of sp³-hybridized carbons (Fsp3) is 0.133. The molecule has 1 amide bonds. The Labute approximate surface area is 127 Å². The molecule has 0 unspecified atom stereocenters. The molecule has 0 aliphatic carbocycles. The number of hydrogen-bond acceptors (Lipinski definition) is 5. The van der Waals surface area contributed by atoms with Crippen LogP contribution >= 0.6 is 0 Å². The van der Waals surface area contributed by atoms with Gasteiger partial charge in [-0.25, -0.2) is 8.42 Å². The van der Waals surface area contributed by atoms with Crippen molar-refractivity contribution in [1.82, 2.24) is 0 Å². The lowest BCUT2D eigenvalue weighted by atomic mass is 10.3. The van der Waals surface area contributed by atoms with E-state index in [0.29, 0.717) is 17.2 Å². The first kappa shape index (κ1) is 14.4. The molecule has 0 saturated carbocycles. The van der Waals surface area contributed by atoms with E-state index in [1.54, 1.807) is 36.4 Å². The van der Waals surface area contributed by atoms with Gasteiger partial charge < -0.3 is 14.8 Å². The molecule has 7 heteroatoms. The summed E-state index contributed by atoms with van der Waals surface area (Å²) >= 11 is 0. The topological polar surface area (TPSA) is 81.7 Å². The number of amides is 1. The van der Waals surface area contributed by atoms with Crippen molar-refractivity contribution in [3.8, 4) is 11.5 Å². The lowest BCUT2D eigenvalue weighted by molar-refractivity contribution is -0.113. The summed E-state index contributed by atoms with van der Waals surface area (Å²) in [5.74, 6) is -0.118. The smallest absolute Gasteiger partial charge is 0.239 e. The molecule has 0 radical (unpaired) electrons. The third-order valence-corrected chi connectivity index (χ3v) is 4.71. The van der Waals surface area contributed by atoms with Gasteiger partial charge in [-0.05, 0) is 24.3 Å². The zero-order valence-electron chi connectivity index (χ0n) is 11.5. The van der Waals surface area contributed by atoms with Crippen molar-refractivity contribution in [1.29, 1.82) is 0 Å². The molecule has 0 aromatic heterocycles. The van der Waals surface area contributed by atoms with E-state index in [4.69, 9.17) is 9.47 Å². The van der Waals surface area contributed by atoms with Gasteiger partial charge >= 0.3 is 0 Å². The summed E-state index contributed by atoms with van der Waals surface area (Å²) in [6.07, 6.45) is 0. The van der Waals surface area contributed by atoms with Crippen LogP contribution in [-0.4, -0.2) is 26.9 Å². The number of nitrogens with one attached hydrogen (secondary N) is 1. The molecule has 22 heavy (non-hydrogen) atoms. The predicted molar refractivity (Wildman–Crippen MR) is 79.7 cm³/mol. The Morgan fingerprint density at radius 2 is 1.77 bits per heavy atom. The summed E-state index contributed by atoms with van der Waals surface area (Å²) in [6.45, 7) is 0.134. The van der Waals surface area contributed by atoms with Crippen molar-refractivity contribution in [3.63, 3.8) is 0 Å². The largest absolute Gasteiger partial charge is 0.454 e. The van der Waals surface area contributed by atoms with E-state index in [0.717, 1.165) is 0 Å². The molecule has 0 spiro atoms. The van der Waals surface area contributed by atoms with Crippen molar-refractivity contribution in [2.45, 2.75) is 4.90 Å². The molecule has 0 bridgehead atoms. The molecule has 1 heterocycles. The maximum atomic E-state index is 12.1. The molecular weight excluding hydrogens is 306 g/mol. The minimum absolute atomic E-state index is 0.121. The Kier molecular flexibility index (Phi) is 3.72. The number of fused-ring (bicyclic) bond motifs is 1. The van der Waals surface area contributed by atoms with Crippen molar-refractivity contribution >= 4 is 21.4 Å². The van der Waals surface area contributed by atoms with Gasteiger partial charge in [-0.15, -0.1) is 0 Å². The second-order valence-corrected chi connectivity index (χ2v) is 6.68. The maximum absolute atomic E-state index is 12.1. The number of sulfone groups is 1. The Morgan fingerprint density at radius 1 is 1.05 bits per heavy atom. The van der Waals surface area contributed by atoms with Gasteiger partial charge in [-0.2, -0.15) is 0 Å². The second kappa shape index (κ2) is 5.69. The summed E-state index contributed by atoms with van der Waals surface area (Å²) in [4.78, 5) is 12.1.